The molecule has 1 heterocycles. The number of aromatic nitrogens is 1. The predicted molar refractivity (Wildman–Crippen MR) is 48.7 cm³/mol. The van der Waals surface area contributed by atoms with Crippen LogP contribution in [0.4, 0.5) is 0 Å². The van der Waals surface area contributed by atoms with Crippen LogP contribution in [0.15, 0.2) is 10.9 Å². The van der Waals surface area contributed by atoms with Crippen molar-refractivity contribution in [1.82, 2.24) is 4.98 Å². The lowest BCUT2D eigenvalue weighted by atomic mass is 9.99. The molecule has 0 saturated carbocycles. The molecule has 0 aliphatic rings. The van der Waals surface area contributed by atoms with E-state index in [1.54, 1.807) is 11.3 Å². The molecule has 0 atom stereocenters. The second kappa shape index (κ2) is 3.32. The van der Waals surface area contributed by atoms with Crippen LogP contribution in [0.3, 0.4) is 0 Å². The van der Waals surface area contributed by atoms with Crippen molar-refractivity contribution in [3.8, 4) is 0 Å². The van der Waals surface area contributed by atoms with Gasteiger partial charge < -0.3 is 5.73 Å². The molecule has 1 aromatic rings. The van der Waals surface area contributed by atoms with Crippen molar-refractivity contribution in [3.63, 3.8) is 0 Å². The summed E-state index contributed by atoms with van der Waals surface area (Å²) in [6.07, 6.45) is 1.99. The van der Waals surface area contributed by atoms with E-state index in [0.717, 1.165) is 18.5 Å². The second-order valence-corrected chi connectivity index (χ2v) is 4.19. The van der Waals surface area contributed by atoms with E-state index in [2.05, 4.69) is 10.4 Å². The Labute approximate surface area is 71.5 Å². The van der Waals surface area contributed by atoms with Gasteiger partial charge in [0.2, 0.25) is 0 Å². The van der Waals surface area contributed by atoms with E-state index in [1.165, 1.54) is 0 Å². The van der Waals surface area contributed by atoms with E-state index < -0.39 is 0 Å². The molecule has 0 bridgehead atoms. The van der Waals surface area contributed by atoms with Crippen LogP contribution in [0.25, 0.3) is 0 Å². The number of nitrogens with two attached hydrogens (primary N) is 1. The summed E-state index contributed by atoms with van der Waals surface area (Å²) < 4.78 is 0. The highest BCUT2D eigenvalue weighted by Gasteiger charge is 2.10. The number of thiazole rings is 1. The molecule has 0 spiro atoms. The maximum absolute atomic E-state index is 5.83. The third kappa shape index (κ3) is 3.49. The molecular formula is C8H14N2S. The van der Waals surface area contributed by atoms with Gasteiger partial charge in [0.05, 0.1) is 11.2 Å². The fourth-order valence-electron chi connectivity index (χ4n) is 0.811. The standard InChI is InChI=1S/C8H14N2S/c1-8(2,9)4-3-7-5-11-6-10-7/h5-6H,3-4,9H2,1-2H3. The van der Waals surface area contributed by atoms with Gasteiger partial charge in [0.25, 0.3) is 0 Å². The summed E-state index contributed by atoms with van der Waals surface area (Å²) in [4.78, 5) is 4.18. The van der Waals surface area contributed by atoms with Gasteiger partial charge in [0.15, 0.2) is 0 Å². The molecule has 0 saturated heterocycles. The molecule has 0 unspecified atom stereocenters. The first-order valence-corrected chi connectivity index (χ1v) is 4.68. The minimum Gasteiger partial charge on any atom is -0.326 e. The topological polar surface area (TPSA) is 38.9 Å². The van der Waals surface area contributed by atoms with Crippen molar-refractivity contribution in [3.05, 3.63) is 16.6 Å². The first-order chi connectivity index (χ1) is 5.08. The molecule has 3 heteroatoms. The maximum Gasteiger partial charge on any atom is 0.0794 e. The molecule has 1 rings (SSSR count). The summed E-state index contributed by atoms with van der Waals surface area (Å²) in [6.45, 7) is 4.08. The Kier molecular flexibility index (Phi) is 2.62. The Morgan fingerprint density at radius 1 is 1.64 bits per heavy atom. The van der Waals surface area contributed by atoms with E-state index in [-0.39, 0.29) is 5.54 Å². The Morgan fingerprint density at radius 3 is 2.82 bits per heavy atom. The monoisotopic (exact) mass is 170 g/mol. The SMILES string of the molecule is CC(C)(N)CCc1cscn1. The second-order valence-electron chi connectivity index (χ2n) is 3.47. The minimum atomic E-state index is -0.0659. The zero-order chi connectivity index (χ0) is 8.32. The highest BCUT2D eigenvalue weighted by molar-refractivity contribution is 7.07. The Morgan fingerprint density at radius 2 is 2.36 bits per heavy atom. The quantitative estimate of drug-likeness (QED) is 0.751. The van der Waals surface area contributed by atoms with Crippen molar-refractivity contribution in [2.45, 2.75) is 32.2 Å². The molecule has 0 aliphatic carbocycles. The fraction of sp³-hybridized carbons (Fsp3) is 0.625. The van der Waals surface area contributed by atoms with Gasteiger partial charge in [-0.3, -0.25) is 0 Å². The summed E-state index contributed by atoms with van der Waals surface area (Å²) in [7, 11) is 0. The van der Waals surface area contributed by atoms with Gasteiger partial charge in [-0.05, 0) is 26.7 Å². The summed E-state index contributed by atoms with van der Waals surface area (Å²) >= 11 is 1.64. The van der Waals surface area contributed by atoms with Crippen LogP contribution in [0, 0.1) is 0 Å². The summed E-state index contributed by atoms with van der Waals surface area (Å²) in [5.74, 6) is 0. The van der Waals surface area contributed by atoms with Crippen LogP contribution in [-0.4, -0.2) is 10.5 Å². The Bertz CT molecular complexity index is 198. The van der Waals surface area contributed by atoms with Gasteiger partial charge in [-0.2, -0.15) is 0 Å². The lowest BCUT2D eigenvalue weighted by Crippen LogP contribution is -2.32. The highest BCUT2D eigenvalue weighted by Crippen LogP contribution is 2.10. The van der Waals surface area contributed by atoms with Crippen LogP contribution in [-0.2, 0) is 6.42 Å². The minimum absolute atomic E-state index is 0.0659. The van der Waals surface area contributed by atoms with Crippen molar-refractivity contribution in [2.24, 2.45) is 5.73 Å². The van der Waals surface area contributed by atoms with Crippen molar-refractivity contribution in [2.75, 3.05) is 0 Å². The highest BCUT2D eigenvalue weighted by atomic mass is 32.1. The molecule has 0 amide bonds. The molecule has 2 nitrogen and oxygen atoms in total. The summed E-state index contributed by atoms with van der Waals surface area (Å²) in [5.41, 5.74) is 8.78. The molecule has 0 aliphatic heterocycles. The zero-order valence-corrected chi connectivity index (χ0v) is 7.82. The Balaban J connectivity index is 2.35. The molecule has 62 valence electrons. The van der Waals surface area contributed by atoms with Gasteiger partial charge in [-0.25, -0.2) is 4.98 Å². The van der Waals surface area contributed by atoms with Crippen LogP contribution in [0.5, 0.6) is 0 Å². The lowest BCUT2D eigenvalue weighted by Gasteiger charge is -2.16. The lowest BCUT2D eigenvalue weighted by molar-refractivity contribution is 0.474. The zero-order valence-electron chi connectivity index (χ0n) is 7.00. The predicted octanol–water partition coefficient (Wildman–Crippen LogP) is 1.81. The molecule has 2 N–H and O–H groups in total. The largest absolute Gasteiger partial charge is 0.326 e. The van der Waals surface area contributed by atoms with Gasteiger partial charge in [-0.1, -0.05) is 0 Å². The van der Waals surface area contributed by atoms with Crippen molar-refractivity contribution < 1.29 is 0 Å². The van der Waals surface area contributed by atoms with Gasteiger partial charge in [0.1, 0.15) is 0 Å². The number of hydrogen-bond acceptors (Lipinski definition) is 3. The first kappa shape index (κ1) is 8.68. The number of nitrogens with zero attached hydrogens (tertiary/aromatic N) is 1. The smallest absolute Gasteiger partial charge is 0.0794 e. The van der Waals surface area contributed by atoms with Crippen LogP contribution < -0.4 is 5.73 Å². The molecular weight excluding hydrogens is 156 g/mol. The average Bonchev–Trinajstić information content (AvgIpc) is 2.32. The third-order valence-corrected chi connectivity index (χ3v) is 2.14. The average molecular weight is 170 g/mol. The molecule has 0 fully saturated rings. The van der Waals surface area contributed by atoms with Gasteiger partial charge in [0, 0.05) is 10.9 Å². The molecule has 1 aromatic heterocycles. The molecule has 0 aromatic carbocycles. The van der Waals surface area contributed by atoms with Gasteiger partial charge >= 0.3 is 0 Å². The van der Waals surface area contributed by atoms with E-state index in [1.807, 2.05) is 19.4 Å². The molecule has 0 radical (unpaired) electrons. The molecule has 11 heavy (non-hydrogen) atoms. The van der Waals surface area contributed by atoms with E-state index in [4.69, 9.17) is 5.73 Å². The maximum atomic E-state index is 5.83. The summed E-state index contributed by atoms with van der Waals surface area (Å²) in [6, 6.07) is 0. The number of aryl methyl sites for hydroxylation is 1. The Hall–Kier alpha value is -0.410. The van der Waals surface area contributed by atoms with Crippen molar-refractivity contribution >= 4 is 11.3 Å². The van der Waals surface area contributed by atoms with Crippen LogP contribution >= 0.6 is 11.3 Å². The van der Waals surface area contributed by atoms with E-state index in [9.17, 15) is 0 Å². The van der Waals surface area contributed by atoms with E-state index >= 15 is 0 Å². The fourth-order valence-corrected chi connectivity index (χ4v) is 1.40. The van der Waals surface area contributed by atoms with Gasteiger partial charge in [-0.15, -0.1) is 11.3 Å². The third-order valence-electron chi connectivity index (χ3n) is 1.51. The normalized spacial score (nSPS) is 11.9. The number of rotatable bonds is 3. The first-order valence-electron chi connectivity index (χ1n) is 3.74. The summed E-state index contributed by atoms with van der Waals surface area (Å²) in [5, 5.41) is 2.08. The van der Waals surface area contributed by atoms with Crippen LogP contribution in [0.1, 0.15) is 26.0 Å². The van der Waals surface area contributed by atoms with E-state index in [0.29, 0.717) is 0 Å². The van der Waals surface area contributed by atoms with Crippen LogP contribution in [0.2, 0.25) is 0 Å². The van der Waals surface area contributed by atoms with Crippen molar-refractivity contribution in [1.29, 1.82) is 0 Å². The number of hydrogen-bond donors (Lipinski definition) is 1.